The molecule has 0 radical (unpaired) electrons. The standard InChI is InChI=1S/C24H23N3O2/c1-16-9-11-17(12-10-16)23(28)29-22-14-13-18(24(2,3)4)15-21(22)27-25-19-7-5-6-8-20(19)26-27/h5-15H,1-4H3. The van der Waals surface area contributed by atoms with Gasteiger partial charge in [-0.2, -0.15) is 0 Å². The number of carbonyl (C=O) groups excluding carboxylic acids is 1. The molecule has 1 aromatic heterocycles. The smallest absolute Gasteiger partial charge is 0.343 e. The maximum absolute atomic E-state index is 12.7. The van der Waals surface area contributed by atoms with Crippen LogP contribution >= 0.6 is 0 Å². The van der Waals surface area contributed by atoms with Crippen LogP contribution in [-0.2, 0) is 5.41 Å². The highest BCUT2D eigenvalue weighted by Gasteiger charge is 2.20. The molecule has 5 heteroatoms. The molecule has 0 spiro atoms. The van der Waals surface area contributed by atoms with Gasteiger partial charge < -0.3 is 4.74 Å². The highest BCUT2D eigenvalue weighted by Crippen LogP contribution is 2.31. The van der Waals surface area contributed by atoms with E-state index in [1.807, 2.05) is 61.5 Å². The molecule has 0 bridgehead atoms. The number of benzene rings is 3. The molecule has 4 aromatic rings. The molecular formula is C24H23N3O2. The van der Waals surface area contributed by atoms with E-state index in [2.05, 4.69) is 31.0 Å². The van der Waals surface area contributed by atoms with Crippen molar-refractivity contribution in [2.24, 2.45) is 0 Å². The van der Waals surface area contributed by atoms with E-state index < -0.39 is 5.97 Å². The number of hydrogen-bond donors (Lipinski definition) is 0. The lowest BCUT2D eigenvalue weighted by Crippen LogP contribution is -2.15. The van der Waals surface area contributed by atoms with Crippen LogP contribution in [0.3, 0.4) is 0 Å². The van der Waals surface area contributed by atoms with Crippen molar-refractivity contribution >= 4 is 17.0 Å². The minimum absolute atomic E-state index is 0.0686. The first-order valence-electron chi connectivity index (χ1n) is 9.57. The number of aromatic nitrogens is 3. The summed E-state index contributed by atoms with van der Waals surface area (Å²) in [5.74, 6) is 0.00958. The predicted molar refractivity (Wildman–Crippen MR) is 114 cm³/mol. The lowest BCUT2D eigenvalue weighted by Gasteiger charge is -2.20. The number of carbonyl (C=O) groups is 1. The molecule has 0 saturated heterocycles. The van der Waals surface area contributed by atoms with Crippen molar-refractivity contribution < 1.29 is 9.53 Å². The van der Waals surface area contributed by atoms with Crippen molar-refractivity contribution in [1.82, 2.24) is 15.0 Å². The fourth-order valence-electron chi connectivity index (χ4n) is 3.04. The van der Waals surface area contributed by atoms with Crippen LogP contribution in [0.15, 0.2) is 66.7 Å². The van der Waals surface area contributed by atoms with E-state index in [1.54, 1.807) is 12.1 Å². The molecule has 0 unspecified atom stereocenters. The van der Waals surface area contributed by atoms with Gasteiger partial charge in [-0.1, -0.05) is 56.7 Å². The number of esters is 1. The molecule has 0 N–H and O–H groups in total. The number of rotatable bonds is 3. The van der Waals surface area contributed by atoms with Gasteiger partial charge in [0, 0.05) is 0 Å². The van der Waals surface area contributed by atoms with Crippen LogP contribution in [0.2, 0.25) is 0 Å². The van der Waals surface area contributed by atoms with Crippen LogP contribution in [0.5, 0.6) is 5.75 Å². The van der Waals surface area contributed by atoms with E-state index in [0.29, 0.717) is 17.0 Å². The second-order valence-corrected chi connectivity index (χ2v) is 8.17. The quantitative estimate of drug-likeness (QED) is 0.357. The van der Waals surface area contributed by atoms with Crippen molar-refractivity contribution in [1.29, 1.82) is 0 Å². The van der Waals surface area contributed by atoms with Gasteiger partial charge in [-0.05, 0) is 54.3 Å². The van der Waals surface area contributed by atoms with Gasteiger partial charge in [0.15, 0.2) is 5.75 Å². The number of ether oxygens (including phenoxy) is 1. The van der Waals surface area contributed by atoms with Gasteiger partial charge >= 0.3 is 5.97 Å². The SMILES string of the molecule is Cc1ccc(C(=O)Oc2ccc(C(C)(C)C)cc2-n2nc3ccccc3n2)cc1. The normalized spacial score (nSPS) is 11.6. The molecule has 0 saturated carbocycles. The average Bonchev–Trinajstić information content (AvgIpc) is 3.12. The Hall–Kier alpha value is -3.47. The molecule has 0 aliphatic heterocycles. The molecule has 0 aliphatic carbocycles. The Morgan fingerprint density at radius 2 is 1.52 bits per heavy atom. The van der Waals surface area contributed by atoms with Gasteiger partial charge in [0.05, 0.1) is 5.56 Å². The summed E-state index contributed by atoms with van der Waals surface area (Å²) in [7, 11) is 0. The van der Waals surface area contributed by atoms with Crippen LogP contribution in [0.4, 0.5) is 0 Å². The summed E-state index contributed by atoms with van der Waals surface area (Å²) in [5, 5.41) is 9.15. The Bertz CT molecular complexity index is 1150. The first-order chi connectivity index (χ1) is 13.8. The summed E-state index contributed by atoms with van der Waals surface area (Å²) in [6, 6.07) is 20.7. The molecule has 29 heavy (non-hydrogen) atoms. The predicted octanol–water partition coefficient (Wildman–Crippen LogP) is 5.25. The lowest BCUT2D eigenvalue weighted by molar-refractivity contribution is 0.0734. The van der Waals surface area contributed by atoms with Crippen molar-refractivity contribution in [3.8, 4) is 11.4 Å². The third-order valence-corrected chi connectivity index (χ3v) is 4.82. The molecular weight excluding hydrogens is 362 g/mol. The van der Waals surface area contributed by atoms with Gasteiger partial charge in [0.1, 0.15) is 16.7 Å². The molecule has 0 aliphatic rings. The third kappa shape index (κ3) is 3.90. The van der Waals surface area contributed by atoms with E-state index in [1.165, 1.54) is 4.80 Å². The molecule has 1 heterocycles. The Kier molecular flexibility index (Phi) is 4.66. The second kappa shape index (κ2) is 7.17. The maximum Gasteiger partial charge on any atom is 0.343 e. The number of fused-ring (bicyclic) bond motifs is 1. The largest absolute Gasteiger partial charge is 0.421 e. The molecule has 3 aromatic carbocycles. The molecule has 4 rings (SSSR count). The summed E-state index contributed by atoms with van der Waals surface area (Å²) in [6.07, 6.45) is 0. The zero-order valence-electron chi connectivity index (χ0n) is 17.0. The topological polar surface area (TPSA) is 57.0 Å². The van der Waals surface area contributed by atoms with Crippen molar-refractivity contribution in [2.75, 3.05) is 0 Å². The van der Waals surface area contributed by atoms with Crippen LogP contribution in [0.25, 0.3) is 16.7 Å². The van der Waals surface area contributed by atoms with E-state index in [-0.39, 0.29) is 5.41 Å². The molecule has 0 atom stereocenters. The highest BCUT2D eigenvalue weighted by atomic mass is 16.5. The Morgan fingerprint density at radius 1 is 0.897 bits per heavy atom. The van der Waals surface area contributed by atoms with Crippen molar-refractivity contribution in [3.05, 3.63) is 83.4 Å². The minimum atomic E-state index is -0.411. The first-order valence-corrected chi connectivity index (χ1v) is 9.57. The highest BCUT2D eigenvalue weighted by molar-refractivity contribution is 5.91. The summed E-state index contributed by atoms with van der Waals surface area (Å²) in [5.41, 5.74) is 4.82. The lowest BCUT2D eigenvalue weighted by atomic mass is 9.87. The van der Waals surface area contributed by atoms with Crippen LogP contribution in [0.1, 0.15) is 42.3 Å². The zero-order chi connectivity index (χ0) is 20.6. The van der Waals surface area contributed by atoms with Gasteiger partial charge in [-0.25, -0.2) is 4.79 Å². The third-order valence-electron chi connectivity index (χ3n) is 4.82. The van der Waals surface area contributed by atoms with Gasteiger partial charge in [0.2, 0.25) is 0 Å². The van der Waals surface area contributed by atoms with E-state index >= 15 is 0 Å². The fourth-order valence-corrected chi connectivity index (χ4v) is 3.04. The Morgan fingerprint density at radius 3 is 2.10 bits per heavy atom. The number of aryl methyl sites for hydroxylation is 1. The molecule has 5 nitrogen and oxygen atoms in total. The van der Waals surface area contributed by atoms with Crippen LogP contribution < -0.4 is 4.74 Å². The number of hydrogen-bond acceptors (Lipinski definition) is 4. The molecule has 0 amide bonds. The van der Waals surface area contributed by atoms with Crippen molar-refractivity contribution in [2.45, 2.75) is 33.1 Å². The van der Waals surface area contributed by atoms with Gasteiger partial charge in [-0.15, -0.1) is 15.0 Å². The maximum atomic E-state index is 12.7. The summed E-state index contributed by atoms with van der Waals surface area (Å²) in [6.45, 7) is 8.39. The average molecular weight is 385 g/mol. The summed E-state index contributed by atoms with van der Waals surface area (Å²) in [4.78, 5) is 14.2. The summed E-state index contributed by atoms with van der Waals surface area (Å²) >= 11 is 0. The zero-order valence-corrected chi connectivity index (χ0v) is 17.0. The van der Waals surface area contributed by atoms with E-state index in [0.717, 1.165) is 22.2 Å². The minimum Gasteiger partial charge on any atom is -0.421 e. The molecule has 0 fully saturated rings. The van der Waals surface area contributed by atoms with Crippen LogP contribution in [-0.4, -0.2) is 21.0 Å². The fraction of sp³-hybridized carbons (Fsp3) is 0.208. The number of nitrogens with zero attached hydrogens (tertiary/aromatic N) is 3. The first kappa shape index (κ1) is 18.9. The second-order valence-electron chi connectivity index (χ2n) is 8.17. The Labute approximate surface area is 169 Å². The van der Waals surface area contributed by atoms with E-state index in [9.17, 15) is 4.79 Å². The molecule has 146 valence electrons. The van der Waals surface area contributed by atoms with E-state index in [4.69, 9.17) is 4.74 Å². The van der Waals surface area contributed by atoms with Crippen molar-refractivity contribution in [3.63, 3.8) is 0 Å². The van der Waals surface area contributed by atoms with Crippen LogP contribution in [0, 0.1) is 6.92 Å². The van der Waals surface area contributed by atoms with Gasteiger partial charge in [0.25, 0.3) is 0 Å². The monoisotopic (exact) mass is 385 g/mol. The van der Waals surface area contributed by atoms with Gasteiger partial charge in [-0.3, -0.25) is 0 Å². The summed E-state index contributed by atoms with van der Waals surface area (Å²) < 4.78 is 5.75. The Balaban J connectivity index is 1.78.